The summed E-state index contributed by atoms with van der Waals surface area (Å²) >= 11 is 1.40. The van der Waals surface area contributed by atoms with Crippen LogP contribution in [0, 0.1) is 0 Å². The van der Waals surface area contributed by atoms with Crippen molar-refractivity contribution in [2.75, 3.05) is 5.75 Å². The predicted octanol–water partition coefficient (Wildman–Crippen LogP) is 0.366. The summed E-state index contributed by atoms with van der Waals surface area (Å²) in [5.41, 5.74) is 6.54. The van der Waals surface area contributed by atoms with Crippen LogP contribution in [0.3, 0.4) is 0 Å². The van der Waals surface area contributed by atoms with Gasteiger partial charge >= 0.3 is 5.97 Å². The van der Waals surface area contributed by atoms with Crippen LogP contribution in [0.2, 0.25) is 0 Å². The van der Waals surface area contributed by atoms with Gasteiger partial charge in [-0.05, 0) is 16.0 Å². The Morgan fingerprint density at radius 3 is 2.85 bits per heavy atom. The van der Waals surface area contributed by atoms with Crippen LogP contribution in [0.5, 0.6) is 0 Å². The lowest BCUT2D eigenvalue weighted by Crippen LogP contribution is -2.32. The Hall–Kier alpha value is -1.93. The van der Waals surface area contributed by atoms with Crippen LogP contribution in [-0.2, 0) is 17.1 Å². The second-order valence-electron chi connectivity index (χ2n) is 4.20. The van der Waals surface area contributed by atoms with E-state index in [0.29, 0.717) is 23.9 Å². The number of carbonyl (C=O) groups is 1. The molecule has 0 aliphatic rings. The average molecular weight is 293 g/mol. The molecule has 0 saturated carbocycles. The van der Waals surface area contributed by atoms with Crippen molar-refractivity contribution in [2.45, 2.75) is 18.3 Å². The number of thioether (sulfide) groups is 1. The Morgan fingerprint density at radius 2 is 2.15 bits per heavy atom. The van der Waals surface area contributed by atoms with Crippen LogP contribution >= 0.6 is 11.8 Å². The van der Waals surface area contributed by atoms with E-state index in [0.717, 1.165) is 5.56 Å². The van der Waals surface area contributed by atoms with E-state index in [1.165, 1.54) is 11.8 Å². The minimum Gasteiger partial charge on any atom is -0.480 e. The molecule has 2 aromatic rings. The fraction of sp³-hybridized carbons (Fsp3) is 0.333. The first-order valence-electron chi connectivity index (χ1n) is 6.02. The van der Waals surface area contributed by atoms with Crippen molar-refractivity contribution in [1.29, 1.82) is 0 Å². The molecule has 1 heterocycles. The normalized spacial score (nSPS) is 12.2. The highest BCUT2D eigenvalue weighted by Crippen LogP contribution is 2.11. The van der Waals surface area contributed by atoms with Crippen molar-refractivity contribution >= 4 is 17.7 Å². The van der Waals surface area contributed by atoms with E-state index in [1.54, 1.807) is 4.68 Å². The number of benzene rings is 1. The number of carboxylic acids is 1. The minimum atomic E-state index is -0.999. The quantitative estimate of drug-likeness (QED) is 0.759. The summed E-state index contributed by atoms with van der Waals surface area (Å²) in [4.78, 5) is 10.6. The number of carboxylic acid groups (broad SMARTS) is 1. The highest BCUT2D eigenvalue weighted by atomic mass is 32.2. The summed E-state index contributed by atoms with van der Waals surface area (Å²) in [5, 5.41) is 20.2. The molecule has 0 aliphatic carbocycles. The molecular weight excluding hydrogens is 278 g/mol. The molecule has 2 rings (SSSR count). The van der Waals surface area contributed by atoms with Gasteiger partial charge in [0.15, 0.2) is 5.82 Å². The fourth-order valence-corrected chi connectivity index (χ4v) is 2.46. The van der Waals surface area contributed by atoms with Crippen molar-refractivity contribution in [2.24, 2.45) is 5.73 Å². The van der Waals surface area contributed by atoms with Gasteiger partial charge in [-0.3, -0.25) is 4.79 Å². The van der Waals surface area contributed by atoms with Crippen LogP contribution in [0.15, 0.2) is 30.3 Å². The smallest absolute Gasteiger partial charge is 0.321 e. The molecule has 0 unspecified atom stereocenters. The molecule has 0 radical (unpaired) electrons. The molecule has 7 nitrogen and oxygen atoms in total. The molecule has 0 amide bonds. The van der Waals surface area contributed by atoms with Crippen LogP contribution in [0.1, 0.15) is 11.4 Å². The molecule has 0 bridgehead atoms. The van der Waals surface area contributed by atoms with Gasteiger partial charge in [0.1, 0.15) is 6.04 Å². The zero-order chi connectivity index (χ0) is 14.4. The van der Waals surface area contributed by atoms with Gasteiger partial charge in [-0.15, -0.1) is 5.10 Å². The summed E-state index contributed by atoms with van der Waals surface area (Å²) in [6.07, 6.45) is 0. The lowest BCUT2D eigenvalue weighted by atomic mass is 10.2. The lowest BCUT2D eigenvalue weighted by molar-refractivity contribution is -0.137. The summed E-state index contributed by atoms with van der Waals surface area (Å²) in [6.45, 7) is 0.592. The molecule has 1 atom stereocenters. The molecule has 8 heteroatoms. The first-order valence-corrected chi connectivity index (χ1v) is 7.17. The van der Waals surface area contributed by atoms with Crippen molar-refractivity contribution in [3.05, 3.63) is 41.7 Å². The van der Waals surface area contributed by atoms with Gasteiger partial charge in [0.25, 0.3) is 0 Å². The van der Waals surface area contributed by atoms with Crippen molar-refractivity contribution < 1.29 is 9.90 Å². The molecule has 1 aromatic carbocycles. The van der Waals surface area contributed by atoms with Gasteiger partial charge in [-0.25, -0.2) is 4.68 Å². The number of tetrazole rings is 1. The zero-order valence-electron chi connectivity index (χ0n) is 10.7. The molecule has 0 aliphatic heterocycles. The number of rotatable bonds is 7. The lowest BCUT2D eigenvalue weighted by Gasteiger charge is -2.06. The van der Waals surface area contributed by atoms with Gasteiger partial charge in [-0.2, -0.15) is 11.8 Å². The average Bonchev–Trinajstić information content (AvgIpc) is 2.87. The van der Waals surface area contributed by atoms with Gasteiger partial charge in [0.2, 0.25) is 0 Å². The van der Waals surface area contributed by atoms with Crippen molar-refractivity contribution in [3.8, 4) is 0 Å². The summed E-state index contributed by atoms with van der Waals surface area (Å²) in [7, 11) is 0. The summed E-state index contributed by atoms with van der Waals surface area (Å²) in [5.74, 6) is 0.562. The number of aliphatic carboxylic acids is 1. The number of nitrogens with two attached hydrogens (primary N) is 1. The summed E-state index contributed by atoms with van der Waals surface area (Å²) < 4.78 is 1.70. The molecule has 0 spiro atoms. The Balaban J connectivity index is 1.90. The first-order chi connectivity index (χ1) is 9.66. The van der Waals surface area contributed by atoms with Crippen molar-refractivity contribution in [3.63, 3.8) is 0 Å². The van der Waals surface area contributed by atoms with E-state index in [2.05, 4.69) is 15.5 Å². The number of hydrogen-bond acceptors (Lipinski definition) is 6. The number of hydrogen-bond donors (Lipinski definition) is 2. The third-order valence-electron chi connectivity index (χ3n) is 2.63. The SMILES string of the molecule is N[C@@H](CSCc1nnnn1Cc1ccccc1)C(=O)O. The Labute approximate surface area is 120 Å². The monoisotopic (exact) mass is 293 g/mol. The third-order valence-corrected chi connectivity index (χ3v) is 3.68. The van der Waals surface area contributed by atoms with E-state index >= 15 is 0 Å². The Kier molecular flexibility index (Phi) is 5.08. The topological polar surface area (TPSA) is 107 Å². The van der Waals surface area contributed by atoms with E-state index in [4.69, 9.17) is 10.8 Å². The molecule has 106 valence electrons. The Morgan fingerprint density at radius 1 is 1.40 bits per heavy atom. The number of nitrogens with zero attached hydrogens (tertiary/aromatic N) is 4. The van der Waals surface area contributed by atoms with Gasteiger partial charge in [0, 0.05) is 5.75 Å². The number of aromatic nitrogens is 4. The largest absolute Gasteiger partial charge is 0.480 e. The standard InChI is InChI=1S/C12H15N5O2S/c13-10(12(18)19)7-20-8-11-14-15-16-17(11)6-9-4-2-1-3-5-9/h1-5,10H,6-8,13H2,(H,18,19)/t10-/m0/s1. The zero-order valence-corrected chi connectivity index (χ0v) is 11.5. The highest BCUT2D eigenvalue weighted by Gasteiger charge is 2.13. The fourth-order valence-electron chi connectivity index (χ4n) is 1.55. The van der Waals surface area contributed by atoms with Crippen LogP contribution in [-0.4, -0.2) is 43.1 Å². The first kappa shape index (κ1) is 14.5. The predicted molar refractivity (Wildman–Crippen MR) is 75.1 cm³/mol. The van der Waals surface area contributed by atoms with Crippen LogP contribution in [0.4, 0.5) is 0 Å². The van der Waals surface area contributed by atoms with Crippen LogP contribution in [0.25, 0.3) is 0 Å². The second kappa shape index (κ2) is 7.01. The Bertz CT molecular complexity index is 560. The minimum absolute atomic E-state index is 0.327. The van der Waals surface area contributed by atoms with E-state index < -0.39 is 12.0 Å². The van der Waals surface area contributed by atoms with Gasteiger partial charge < -0.3 is 10.8 Å². The summed E-state index contributed by atoms with van der Waals surface area (Å²) in [6, 6.07) is 9.00. The van der Waals surface area contributed by atoms with E-state index in [9.17, 15) is 4.79 Å². The molecule has 0 fully saturated rings. The maximum Gasteiger partial charge on any atom is 0.321 e. The maximum absolute atomic E-state index is 10.6. The third kappa shape index (κ3) is 4.04. The van der Waals surface area contributed by atoms with Gasteiger partial charge in [0.05, 0.1) is 12.3 Å². The van der Waals surface area contributed by atoms with Crippen molar-refractivity contribution in [1.82, 2.24) is 20.2 Å². The molecular formula is C12H15N5O2S. The molecule has 3 N–H and O–H groups in total. The van der Waals surface area contributed by atoms with E-state index in [1.807, 2.05) is 30.3 Å². The van der Waals surface area contributed by atoms with Gasteiger partial charge in [-0.1, -0.05) is 30.3 Å². The highest BCUT2D eigenvalue weighted by molar-refractivity contribution is 7.98. The molecule has 1 aromatic heterocycles. The van der Waals surface area contributed by atoms with E-state index in [-0.39, 0.29) is 0 Å². The molecule has 0 saturated heterocycles. The molecule has 20 heavy (non-hydrogen) atoms. The van der Waals surface area contributed by atoms with Crippen LogP contribution < -0.4 is 5.73 Å². The second-order valence-corrected chi connectivity index (χ2v) is 5.23. The maximum atomic E-state index is 10.6.